The van der Waals surface area contributed by atoms with E-state index in [2.05, 4.69) is 70.6 Å². The molecule has 2 saturated heterocycles. The maximum atomic E-state index is 13.3. The summed E-state index contributed by atoms with van der Waals surface area (Å²) in [7, 11) is 1.60. The number of halogens is 3. The second kappa shape index (κ2) is 14.1. The molecule has 3 aromatic heterocycles. The molecule has 47 heavy (non-hydrogen) atoms. The van der Waals surface area contributed by atoms with Crippen molar-refractivity contribution < 1.29 is 17.9 Å². The van der Waals surface area contributed by atoms with E-state index in [-0.39, 0.29) is 17.5 Å². The molecule has 250 valence electrons. The Kier molecular flexibility index (Phi) is 9.90. The van der Waals surface area contributed by atoms with Crippen LogP contribution in [0, 0.1) is 6.92 Å². The maximum absolute atomic E-state index is 13.3. The lowest BCUT2D eigenvalue weighted by Crippen LogP contribution is -2.52. The molecule has 2 aliphatic heterocycles. The summed E-state index contributed by atoms with van der Waals surface area (Å²) in [6, 6.07) is 7.84. The number of likely N-dealkylation sites (N-methyl/N-ethyl adjacent to an activating group) is 1. The number of alkyl halides is 3. The Morgan fingerprint density at radius 3 is 2.36 bits per heavy atom. The Bertz CT molecular complexity index is 1690. The van der Waals surface area contributed by atoms with Crippen LogP contribution in [-0.2, 0) is 0 Å². The van der Waals surface area contributed by atoms with Crippen LogP contribution in [0.15, 0.2) is 42.9 Å². The van der Waals surface area contributed by atoms with Crippen molar-refractivity contribution in [2.75, 3.05) is 81.8 Å². The number of nitrogens with zero attached hydrogens (tertiary/aromatic N) is 8. The fraction of sp³-hybridized carbons (Fsp3) is 0.469. The normalized spacial score (nSPS) is 17.0. The quantitative estimate of drug-likeness (QED) is 0.232. The highest BCUT2D eigenvalue weighted by Crippen LogP contribution is 2.35. The predicted molar refractivity (Wildman–Crippen MR) is 181 cm³/mol. The second-order valence-electron chi connectivity index (χ2n) is 12.2. The Hall–Kier alpha value is -3.87. The summed E-state index contributed by atoms with van der Waals surface area (Å²) in [6.45, 7) is 10.5. The third-order valence-electron chi connectivity index (χ3n) is 8.57. The largest absolute Gasteiger partial charge is 0.466 e. The maximum Gasteiger partial charge on any atom is 0.422 e. The van der Waals surface area contributed by atoms with Crippen LogP contribution in [0.2, 0.25) is 0 Å². The first-order valence-corrected chi connectivity index (χ1v) is 17.9. The number of hydrogen-bond acceptors (Lipinski definition) is 11. The molecule has 11 nitrogen and oxygen atoms in total. The Morgan fingerprint density at radius 2 is 1.64 bits per heavy atom. The van der Waals surface area contributed by atoms with Crippen LogP contribution in [-0.4, -0.2) is 113 Å². The number of pyridine rings is 1. The van der Waals surface area contributed by atoms with E-state index >= 15 is 0 Å². The molecular weight excluding hydrogens is 628 g/mol. The zero-order valence-corrected chi connectivity index (χ0v) is 27.9. The summed E-state index contributed by atoms with van der Waals surface area (Å²) in [5.74, 6) is 1.17. The molecule has 0 bridgehead atoms. The highest BCUT2D eigenvalue weighted by molar-refractivity contribution is 7.65. The van der Waals surface area contributed by atoms with Crippen molar-refractivity contribution in [2.24, 2.45) is 0 Å². The topological polar surface area (TPSA) is 107 Å². The van der Waals surface area contributed by atoms with Crippen molar-refractivity contribution >= 4 is 53.2 Å². The molecule has 4 aromatic rings. The second-order valence-corrected chi connectivity index (χ2v) is 14.5. The number of fused-ring (bicyclic) bond motifs is 1. The van der Waals surface area contributed by atoms with Crippen molar-refractivity contribution in [3.8, 4) is 5.88 Å². The highest BCUT2D eigenvalue weighted by atomic mass is 31.1. The van der Waals surface area contributed by atoms with E-state index in [1.807, 2.05) is 19.1 Å². The average molecular weight is 669 g/mol. The molecule has 2 fully saturated rings. The van der Waals surface area contributed by atoms with Crippen molar-refractivity contribution in [1.82, 2.24) is 34.7 Å². The molecular formula is C32H40F3N10OP. The van der Waals surface area contributed by atoms with Crippen LogP contribution in [0.5, 0.6) is 5.88 Å². The van der Waals surface area contributed by atoms with E-state index in [0.717, 1.165) is 79.7 Å². The molecule has 2 N–H and O–H groups in total. The summed E-state index contributed by atoms with van der Waals surface area (Å²) >= 11 is 0. The molecule has 15 heteroatoms. The minimum Gasteiger partial charge on any atom is -0.466 e. The number of aromatic nitrogens is 5. The molecule has 0 saturated carbocycles. The first-order valence-electron chi connectivity index (χ1n) is 15.7. The van der Waals surface area contributed by atoms with Gasteiger partial charge in [0.2, 0.25) is 11.8 Å². The van der Waals surface area contributed by atoms with Gasteiger partial charge in [-0.2, -0.15) is 23.1 Å². The highest BCUT2D eigenvalue weighted by Gasteiger charge is 2.31. The fourth-order valence-electron chi connectivity index (χ4n) is 6.21. The van der Waals surface area contributed by atoms with Crippen molar-refractivity contribution in [3.63, 3.8) is 0 Å². The molecule has 0 amide bonds. The fourth-order valence-corrected chi connectivity index (χ4v) is 7.42. The van der Waals surface area contributed by atoms with Gasteiger partial charge in [-0.25, -0.2) is 4.98 Å². The van der Waals surface area contributed by atoms with Crippen molar-refractivity contribution in [2.45, 2.75) is 32.0 Å². The lowest BCUT2D eigenvalue weighted by Gasteiger charge is -2.42. The molecule has 6 rings (SSSR count). The van der Waals surface area contributed by atoms with Crippen LogP contribution < -0.4 is 25.6 Å². The van der Waals surface area contributed by atoms with Gasteiger partial charge in [0.15, 0.2) is 6.61 Å². The van der Waals surface area contributed by atoms with Crippen LogP contribution in [0.1, 0.15) is 18.4 Å². The van der Waals surface area contributed by atoms with Crippen LogP contribution in [0.25, 0.3) is 11.0 Å². The SMILES string of the molecule is Cc1cc(Nc2nccc(Nc3ccc4nccnc4c3P(C)C)n2)c(OCC(F)(F)F)nc1N1CCC(N2CCN(C)CC2)CC1. The summed E-state index contributed by atoms with van der Waals surface area (Å²) in [5, 5.41) is 7.50. The monoisotopic (exact) mass is 668 g/mol. The third-order valence-corrected chi connectivity index (χ3v) is 9.92. The van der Waals surface area contributed by atoms with Crippen molar-refractivity contribution in [1.29, 1.82) is 0 Å². The summed E-state index contributed by atoms with van der Waals surface area (Å²) in [5.41, 5.74) is 3.57. The van der Waals surface area contributed by atoms with Gasteiger partial charge in [-0.3, -0.25) is 14.9 Å². The van der Waals surface area contributed by atoms with Gasteiger partial charge in [0.1, 0.15) is 17.3 Å². The molecule has 0 unspecified atom stereocenters. The smallest absolute Gasteiger partial charge is 0.422 e. The lowest BCUT2D eigenvalue weighted by molar-refractivity contribution is -0.153. The molecule has 0 spiro atoms. The van der Waals surface area contributed by atoms with Gasteiger partial charge in [0.25, 0.3) is 0 Å². The Balaban J connectivity index is 1.22. The van der Waals surface area contributed by atoms with Crippen LogP contribution in [0.3, 0.4) is 0 Å². The zero-order chi connectivity index (χ0) is 33.1. The van der Waals surface area contributed by atoms with Gasteiger partial charge >= 0.3 is 6.18 Å². The molecule has 0 atom stereocenters. The van der Waals surface area contributed by atoms with E-state index in [1.54, 1.807) is 30.7 Å². The summed E-state index contributed by atoms with van der Waals surface area (Å²) in [6.07, 6.45) is 2.35. The number of nitrogens with one attached hydrogen (secondary N) is 2. The number of ether oxygens (including phenoxy) is 1. The molecule has 1 aromatic carbocycles. The summed E-state index contributed by atoms with van der Waals surface area (Å²) in [4.78, 5) is 29.6. The van der Waals surface area contributed by atoms with E-state index in [9.17, 15) is 13.2 Å². The van der Waals surface area contributed by atoms with Gasteiger partial charge in [-0.1, -0.05) is 7.92 Å². The lowest BCUT2D eigenvalue weighted by atomic mass is 10.0. The zero-order valence-electron chi connectivity index (χ0n) is 27.0. The van der Waals surface area contributed by atoms with Gasteiger partial charge in [0.05, 0.1) is 11.0 Å². The summed E-state index contributed by atoms with van der Waals surface area (Å²) < 4.78 is 45.2. The Morgan fingerprint density at radius 1 is 0.894 bits per heavy atom. The number of piperazine rings is 1. The van der Waals surface area contributed by atoms with Crippen LogP contribution in [0.4, 0.5) is 42.1 Å². The van der Waals surface area contributed by atoms with Gasteiger partial charge in [0, 0.05) is 74.9 Å². The minimum atomic E-state index is -4.52. The number of rotatable bonds is 9. The number of aryl methyl sites for hydroxylation is 1. The number of hydrogen-bond donors (Lipinski definition) is 2. The van der Waals surface area contributed by atoms with Gasteiger partial charge in [-0.05, 0) is 70.0 Å². The van der Waals surface area contributed by atoms with E-state index in [4.69, 9.17) is 4.74 Å². The first-order chi connectivity index (χ1) is 22.5. The number of benzene rings is 1. The number of piperidine rings is 1. The Labute approximate surface area is 273 Å². The van der Waals surface area contributed by atoms with Gasteiger partial charge < -0.3 is 25.2 Å². The predicted octanol–water partition coefficient (Wildman–Crippen LogP) is 5.13. The molecule has 0 aliphatic carbocycles. The van der Waals surface area contributed by atoms with E-state index in [0.29, 0.717) is 17.7 Å². The standard InChI is InChI=1S/C32H40F3N10OP/c1-21-19-25(40-31-38-10-7-26(41-31)39-24-6-5-23-27(28(24)47(3)4)37-12-11-36-23)30(46-20-32(33,34)35)42-29(21)45-13-8-22(9-14-45)44-17-15-43(2)16-18-44/h5-7,10-12,19,22H,8-9,13-18,20H2,1-4H3,(H2,38,39,40,41). The van der Waals surface area contributed by atoms with E-state index < -0.39 is 20.7 Å². The van der Waals surface area contributed by atoms with Gasteiger partial charge in [-0.15, -0.1) is 0 Å². The average Bonchev–Trinajstić information content (AvgIpc) is 3.04. The van der Waals surface area contributed by atoms with E-state index in [1.165, 1.54) is 0 Å². The number of anilines is 5. The first kappa shape index (κ1) is 33.0. The van der Waals surface area contributed by atoms with Crippen LogP contribution >= 0.6 is 7.92 Å². The molecule has 5 heterocycles. The molecule has 0 radical (unpaired) electrons. The third kappa shape index (κ3) is 7.99. The molecule has 2 aliphatic rings. The van der Waals surface area contributed by atoms with Crippen molar-refractivity contribution in [3.05, 3.63) is 48.4 Å². The minimum absolute atomic E-state index is 0.149.